The molecule has 8 heteroatoms. The Morgan fingerprint density at radius 1 is 1.03 bits per heavy atom. The molecule has 0 aliphatic heterocycles. The lowest BCUT2D eigenvalue weighted by atomic mass is 10.1. The second-order valence-corrected chi connectivity index (χ2v) is 9.18. The van der Waals surface area contributed by atoms with Crippen molar-refractivity contribution < 1.29 is 13.2 Å². The molecule has 0 radical (unpaired) electrons. The minimum Gasteiger partial charge on any atom is -0.267 e. The third-order valence-corrected chi connectivity index (χ3v) is 6.67. The summed E-state index contributed by atoms with van der Waals surface area (Å²) in [6.45, 7) is 1.89. The summed E-state index contributed by atoms with van der Waals surface area (Å²) < 4.78 is 27.7. The number of benzene rings is 3. The molecule has 1 N–H and O–H groups in total. The normalized spacial score (nSPS) is 11.8. The fourth-order valence-corrected chi connectivity index (χ4v) is 4.67. The van der Waals surface area contributed by atoms with Gasteiger partial charge >= 0.3 is 0 Å². The molecule has 0 saturated heterocycles. The van der Waals surface area contributed by atoms with Crippen molar-refractivity contribution in [1.82, 2.24) is 9.40 Å². The van der Waals surface area contributed by atoms with E-state index in [4.69, 9.17) is 11.6 Å². The zero-order chi connectivity index (χ0) is 22.0. The highest BCUT2D eigenvalue weighted by molar-refractivity contribution is 7.90. The van der Waals surface area contributed by atoms with Crippen LogP contribution in [0.5, 0.6) is 0 Å². The second-order valence-electron chi connectivity index (χ2n) is 6.92. The Morgan fingerprint density at radius 2 is 1.74 bits per heavy atom. The number of aromatic nitrogens is 1. The molecule has 31 heavy (non-hydrogen) atoms. The first-order valence-corrected chi connectivity index (χ1v) is 11.2. The number of amides is 1. The third kappa shape index (κ3) is 4.23. The van der Waals surface area contributed by atoms with E-state index in [9.17, 15) is 13.2 Å². The summed E-state index contributed by atoms with van der Waals surface area (Å²) in [4.78, 5) is 12.3. The molecular weight excluding hydrogens is 434 g/mol. The summed E-state index contributed by atoms with van der Waals surface area (Å²) in [6.07, 6.45) is 2.93. The van der Waals surface area contributed by atoms with Crippen molar-refractivity contribution in [3.63, 3.8) is 0 Å². The molecule has 4 rings (SSSR count). The van der Waals surface area contributed by atoms with E-state index >= 15 is 0 Å². The molecule has 1 amide bonds. The van der Waals surface area contributed by atoms with Gasteiger partial charge in [0.05, 0.1) is 16.6 Å². The van der Waals surface area contributed by atoms with Crippen molar-refractivity contribution >= 4 is 44.6 Å². The van der Waals surface area contributed by atoms with Crippen LogP contribution in [0.1, 0.15) is 21.5 Å². The van der Waals surface area contributed by atoms with E-state index in [1.165, 1.54) is 40.6 Å². The zero-order valence-electron chi connectivity index (χ0n) is 16.5. The third-order valence-electron chi connectivity index (χ3n) is 4.73. The molecule has 0 aliphatic carbocycles. The number of nitrogens with one attached hydrogen (secondary N) is 1. The fourth-order valence-electron chi connectivity index (χ4n) is 3.17. The van der Waals surface area contributed by atoms with E-state index in [1.807, 2.05) is 25.1 Å². The monoisotopic (exact) mass is 451 g/mol. The summed E-state index contributed by atoms with van der Waals surface area (Å²) in [5, 5.41) is 5.17. The Kier molecular flexibility index (Phi) is 5.63. The van der Waals surface area contributed by atoms with Gasteiger partial charge in [-0.25, -0.2) is 17.8 Å². The first-order chi connectivity index (χ1) is 14.9. The number of rotatable bonds is 5. The molecule has 0 unspecified atom stereocenters. The number of nitrogens with zero attached hydrogens (tertiary/aromatic N) is 2. The molecule has 0 saturated carbocycles. The predicted molar refractivity (Wildman–Crippen MR) is 122 cm³/mol. The number of hydrogen-bond donors (Lipinski definition) is 1. The van der Waals surface area contributed by atoms with Gasteiger partial charge in [0.1, 0.15) is 0 Å². The maximum Gasteiger partial charge on any atom is 0.271 e. The van der Waals surface area contributed by atoms with Gasteiger partial charge in [0.2, 0.25) is 0 Å². The Bertz CT molecular complexity index is 1390. The molecule has 0 fully saturated rings. The van der Waals surface area contributed by atoms with Crippen molar-refractivity contribution in [3.05, 3.63) is 101 Å². The summed E-state index contributed by atoms with van der Waals surface area (Å²) in [5.74, 6) is -0.356. The highest BCUT2D eigenvalue weighted by Gasteiger charge is 2.21. The summed E-state index contributed by atoms with van der Waals surface area (Å²) in [7, 11) is -3.85. The lowest BCUT2D eigenvalue weighted by Gasteiger charge is -2.08. The van der Waals surface area contributed by atoms with Crippen LogP contribution in [-0.2, 0) is 10.0 Å². The van der Waals surface area contributed by atoms with Gasteiger partial charge in [0.25, 0.3) is 15.9 Å². The van der Waals surface area contributed by atoms with Crippen molar-refractivity contribution in [2.45, 2.75) is 11.8 Å². The van der Waals surface area contributed by atoms with E-state index in [0.29, 0.717) is 27.1 Å². The maximum atomic E-state index is 13.3. The van der Waals surface area contributed by atoms with Gasteiger partial charge in [-0.2, -0.15) is 5.10 Å². The minimum absolute atomic E-state index is 0.121. The number of carbonyl (C=O) groups excluding carboxylic acids is 1. The largest absolute Gasteiger partial charge is 0.271 e. The summed E-state index contributed by atoms with van der Waals surface area (Å²) in [5.41, 5.74) is 4.93. The molecule has 0 bridgehead atoms. The van der Waals surface area contributed by atoms with Gasteiger partial charge in [0.15, 0.2) is 0 Å². The van der Waals surface area contributed by atoms with Crippen LogP contribution in [0.15, 0.2) is 89.0 Å². The minimum atomic E-state index is -3.85. The Morgan fingerprint density at radius 3 is 2.45 bits per heavy atom. The fraction of sp³-hybridized carbons (Fsp3) is 0.0435. The molecular formula is C23H18ClN3O3S. The number of aryl methyl sites for hydroxylation is 1. The quantitative estimate of drug-likeness (QED) is 0.355. The van der Waals surface area contributed by atoms with E-state index in [0.717, 1.165) is 5.56 Å². The number of hydrogen-bond acceptors (Lipinski definition) is 4. The summed E-state index contributed by atoms with van der Waals surface area (Å²) >= 11 is 5.90. The molecule has 156 valence electrons. The van der Waals surface area contributed by atoms with Crippen molar-refractivity contribution in [3.8, 4) is 0 Å². The Hall–Kier alpha value is -3.42. The molecule has 1 heterocycles. The first kappa shape index (κ1) is 20.8. The molecule has 0 spiro atoms. The van der Waals surface area contributed by atoms with E-state index in [1.54, 1.807) is 30.3 Å². The van der Waals surface area contributed by atoms with Crippen LogP contribution < -0.4 is 5.43 Å². The van der Waals surface area contributed by atoms with Crippen LogP contribution >= 0.6 is 11.6 Å². The standard InChI is InChI=1S/C23H18ClN3O3S/c1-16-7-12-21-18(14-25-26-23(28)17-5-3-2-4-6-17)15-27(22(21)13-16)31(29,30)20-10-8-19(24)9-11-20/h2-15H,1H3,(H,26,28)/b25-14+. The molecule has 0 aliphatic rings. The van der Waals surface area contributed by atoms with E-state index < -0.39 is 10.0 Å². The Balaban J connectivity index is 1.72. The van der Waals surface area contributed by atoms with Gasteiger partial charge < -0.3 is 0 Å². The molecule has 6 nitrogen and oxygen atoms in total. The van der Waals surface area contributed by atoms with Gasteiger partial charge in [-0.3, -0.25) is 4.79 Å². The van der Waals surface area contributed by atoms with Crippen LogP contribution in [-0.4, -0.2) is 24.5 Å². The van der Waals surface area contributed by atoms with Crippen LogP contribution in [0.3, 0.4) is 0 Å². The van der Waals surface area contributed by atoms with Crippen LogP contribution in [0.4, 0.5) is 0 Å². The van der Waals surface area contributed by atoms with Gasteiger partial charge in [0, 0.05) is 27.7 Å². The highest BCUT2D eigenvalue weighted by atomic mass is 35.5. The van der Waals surface area contributed by atoms with Gasteiger partial charge in [-0.15, -0.1) is 0 Å². The van der Waals surface area contributed by atoms with Gasteiger partial charge in [-0.1, -0.05) is 41.9 Å². The van der Waals surface area contributed by atoms with Crippen LogP contribution in [0.2, 0.25) is 5.02 Å². The summed E-state index contributed by atoms with van der Waals surface area (Å²) in [6, 6.07) is 20.2. The van der Waals surface area contributed by atoms with Gasteiger partial charge in [-0.05, 0) is 55.0 Å². The average molecular weight is 452 g/mol. The zero-order valence-corrected chi connectivity index (χ0v) is 18.1. The SMILES string of the molecule is Cc1ccc2c(/C=N/NC(=O)c3ccccc3)cn(S(=O)(=O)c3ccc(Cl)cc3)c2c1. The number of hydrazone groups is 1. The van der Waals surface area contributed by atoms with Crippen LogP contribution in [0, 0.1) is 6.92 Å². The van der Waals surface area contributed by atoms with E-state index in [-0.39, 0.29) is 10.8 Å². The molecule has 4 aromatic rings. The average Bonchev–Trinajstić information content (AvgIpc) is 3.13. The van der Waals surface area contributed by atoms with Crippen LogP contribution in [0.25, 0.3) is 10.9 Å². The van der Waals surface area contributed by atoms with Crippen molar-refractivity contribution in [2.75, 3.05) is 0 Å². The molecule has 1 aromatic heterocycles. The van der Waals surface area contributed by atoms with Crippen molar-refractivity contribution in [2.24, 2.45) is 5.10 Å². The number of carbonyl (C=O) groups is 1. The number of fused-ring (bicyclic) bond motifs is 1. The topological polar surface area (TPSA) is 80.5 Å². The lowest BCUT2D eigenvalue weighted by molar-refractivity contribution is 0.0955. The Labute approximate surface area is 184 Å². The lowest BCUT2D eigenvalue weighted by Crippen LogP contribution is -2.17. The number of halogens is 1. The molecule has 3 aromatic carbocycles. The second kappa shape index (κ2) is 8.37. The van der Waals surface area contributed by atoms with Crippen molar-refractivity contribution in [1.29, 1.82) is 0 Å². The molecule has 0 atom stereocenters. The first-order valence-electron chi connectivity index (χ1n) is 9.37. The maximum absolute atomic E-state index is 13.3. The predicted octanol–water partition coefficient (Wildman–Crippen LogP) is 4.60. The van der Waals surface area contributed by atoms with E-state index in [2.05, 4.69) is 10.5 Å². The highest BCUT2D eigenvalue weighted by Crippen LogP contribution is 2.27. The smallest absolute Gasteiger partial charge is 0.267 e.